The first-order valence-electron chi connectivity index (χ1n) is 9.86. The lowest BCUT2D eigenvalue weighted by Gasteiger charge is -2.24. The monoisotopic (exact) mass is 380 g/mol. The number of rotatable bonds is 7. The van der Waals surface area contributed by atoms with Crippen LogP contribution < -0.4 is 5.73 Å². The van der Waals surface area contributed by atoms with Crippen LogP contribution in [0, 0.1) is 5.92 Å². The molecule has 1 atom stereocenters. The average Bonchev–Trinajstić information content (AvgIpc) is 2.83. The Balaban J connectivity index is 1.87. The lowest BCUT2D eigenvalue weighted by Crippen LogP contribution is -2.38. The molecule has 0 saturated carbocycles. The van der Waals surface area contributed by atoms with Crippen molar-refractivity contribution in [3.05, 3.63) is 54.4 Å². The number of carbonyl (C=O) groups is 2. The number of amides is 2. The van der Waals surface area contributed by atoms with Crippen LogP contribution in [0.3, 0.4) is 0 Å². The number of nitrogens with zero attached hydrogens (tertiary/aromatic N) is 3. The molecule has 28 heavy (non-hydrogen) atoms. The predicted octanol–water partition coefficient (Wildman–Crippen LogP) is 1.95. The van der Waals surface area contributed by atoms with Gasteiger partial charge in [0.1, 0.15) is 0 Å². The van der Waals surface area contributed by atoms with Crippen LogP contribution in [-0.4, -0.2) is 59.3 Å². The molecule has 1 aliphatic rings. The molecule has 2 aromatic rings. The molecule has 0 spiro atoms. The first kappa shape index (κ1) is 20.0. The zero-order valence-electron chi connectivity index (χ0n) is 16.4. The number of primary amides is 1. The summed E-state index contributed by atoms with van der Waals surface area (Å²) < 4.78 is 0. The van der Waals surface area contributed by atoms with Crippen LogP contribution in [-0.2, 0) is 16.0 Å². The average molecular weight is 380 g/mol. The number of carbonyl (C=O) groups excluding carboxylic acids is 2. The summed E-state index contributed by atoms with van der Waals surface area (Å²) in [5, 5.41) is 0. The maximum absolute atomic E-state index is 13.2. The third-order valence-corrected chi connectivity index (χ3v) is 5.17. The van der Waals surface area contributed by atoms with Gasteiger partial charge in [-0.3, -0.25) is 19.5 Å². The summed E-state index contributed by atoms with van der Waals surface area (Å²) in [6.45, 7) is 4.88. The molecule has 3 rings (SSSR count). The fraction of sp³-hybridized carbons (Fsp3) is 0.409. The van der Waals surface area contributed by atoms with Crippen molar-refractivity contribution in [3.8, 4) is 11.1 Å². The van der Waals surface area contributed by atoms with Gasteiger partial charge in [-0.05, 0) is 41.7 Å². The largest absolute Gasteiger partial charge is 0.369 e. The standard InChI is InChI=1S/C22H28N4O2/c1-2-11-26-13-12-25(16-21(23)27)15-19(22(26)28)14-18-5-3-4-6-20(18)17-7-9-24-10-8-17/h3-10,19H,2,11-16H2,1H3,(H2,23,27)/t19-/m1/s1. The van der Waals surface area contributed by atoms with Crippen molar-refractivity contribution < 1.29 is 9.59 Å². The molecule has 1 saturated heterocycles. The van der Waals surface area contributed by atoms with E-state index >= 15 is 0 Å². The van der Waals surface area contributed by atoms with Gasteiger partial charge in [0.2, 0.25) is 11.8 Å². The van der Waals surface area contributed by atoms with Gasteiger partial charge in [-0.15, -0.1) is 0 Å². The molecule has 148 valence electrons. The van der Waals surface area contributed by atoms with Crippen molar-refractivity contribution in [2.24, 2.45) is 11.7 Å². The summed E-state index contributed by atoms with van der Waals surface area (Å²) in [4.78, 5) is 32.7. The summed E-state index contributed by atoms with van der Waals surface area (Å²) in [7, 11) is 0. The van der Waals surface area contributed by atoms with Gasteiger partial charge >= 0.3 is 0 Å². The first-order valence-corrected chi connectivity index (χ1v) is 9.86. The predicted molar refractivity (Wildman–Crippen MR) is 109 cm³/mol. The molecule has 6 nitrogen and oxygen atoms in total. The lowest BCUT2D eigenvalue weighted by atomic mass is 9.91. The fourth-order valence-corrected chi connectivity index (χ4v) is 3.90. The van der Waals surface area contributed by atoms with E-state index in [9.17, 15) is 9.59 Å². The molecule has 1 aromatic heterocycles. The van der Waals surface area contributed by atoms with E-state index < -0.39 is 0 Å². The quantitative estimate of drug-likeness (QED) is 0.796. The second-order valence-corrected chi connectivity index (χ2v) is 7.32. The molecule has 6 heteroatoms. The highest BCUT2D eigenvalue weighted by molar-refractivity contribution is 5.81. The minimum atomic E-state index is -0.354. The lowest BCUT2D eigenvalue weighted by molar-refractivity contribution is -0.134. The number of benzene rings is 1. The molecule has 2 amide bonds. The molecular weight excluding hydrogens is 352 g/mol. The molecule has 2 heterocycles. The van der Waals surface area contributed by atoms with Crippen molar-refractivity contribution in [1.29, 1.82) is 0 Å². The minimum absolute atomic E-state index is 0.165. The Kier molecular flexibility index (Phi) is 6.76. The van der Waals surface area contributed by atoms with Gasteiger partial charge in [0.15, 0.2) is 0 Å². The van der Waals surface area contributed by atoms with Crippen LogP contribution in [0.25, 0.3) is 11.1 Å². The Morgan fingerprint density at radius 2 is 1.93 bits per heavy atom. The van der Waals surface area contributed by atoms with Gasteiger partial charge in [0, 0.05) is 38.6 Å². The zero-order chi connectivity index (χ0) is 19.9. The molecule has 0 unspecified atom stereocenters. The molecular formula is C22H28N4O2. The smallest absolute Gasteiger partial charge is 0.231 e. The van der Waals surface area contributed by atoms with Gasteiger partial charge < -0.3 is 10.6 Å². The van der Waals surface area contributed by atoms with Gasteiger partial charge in [0.05, 0.1) is 12.5 Å². The number of nitrogens with two attached hydrogens (primary N) is 1. The Morgan fingerprint density at radius 1 is 1.18 bits per heavy atom. The van der Waals surface area contributed by atoms with Gasteiger partial charge in [-0.2, -0.15) is 0 Å². The van der Waals surface area contributed by atoms with Crippen molar-refractivity contribution in [3.63, 3.8) is 0 Å². The highest BCUT2D eigenvalue weighted by Gasteiger charge is 2.31. The summed E-state index contributed by atoms with van der Waals surface area (Å²) in [5.74, 6) is -0.387. The minimum Gasteiger partial charge on any atom is -0.369 e. The highest BCUT2D eigenvalue weighted by Crippen LogP contribution is 2.27. The molecule has 0 bridgehead atoms. The Hall–Kier alpha value is -2.73. The van der Waals surface area contributed by atoms with E-state index in [1.165, 1.54) is 0 Å². The van der Waals surface area contributed by atoms with Gasteiger partial charge in [-0.1, -0.05) is 31.2 Å². The Bertz CT molecular complexity index is 809. The molecule has 1 aromatic carbocycles. The van der Waals surface area contributed by atoms with E-state index in [1.807, 2.05) is 34.1 Å². The van der Waals surface area contributed by atoms with Crippen molar-refractivity contribution >= 4 is 11.8 Å². The van der Waals surface area contributed by atoms with Crippen molar-refractivity contribution in [1.82, 2.24) is 14.8 Å². The normalized spacial score (nSPS) is 18.1. The third-order valence-electron chi connectivity index (χ3n) is 5.17. The van der Waals surface area contributed by atoms with Crippen LogP contribution in [0.5, 0.6) is 0 Å². The third kappa shape index (κ3) is 4.95. The molecule has 1 fully saturated rings. The summed E-state index contributed by atoms with van der Waals surface area (Å²) in [6, 6.07) is 12.1. The maximum Gasteiger partial charge on any atom is 0.231 e. The Morgan fingerprint density at radius 3 is 2.64 bits per heavy atom. The van der Waals surface area contributed by atoms with Gasteiger partial charge in [0.25, 0.3) is 0 Å². The first-order chi connectivity index (χ1) is 13.6. The summed E-state index contributed by atoms with van der Waals surface area (Å²) in [5.41, 5.74) is 8.75. The number of hydrogen-bond acceptors (Lipinski definition) is 4. The molecule has 0 radical (unpaired) electrons. The SMILES string of the molecule is CCCN1CCN(CC(N)=O)C[C@@H](Cc2ccccc2-c2ccncc2)C1=O. The van der Waals surface area contributed by atoms with Crippen LogP contribution in [0.4, 0.5) is 0 Å². The second kappa shape index (κ2) is 9.46. The Labute approximate surface area is 166 Å². The number of aromatic nitrogens is 1. The molecule has 2 N–H and O–H groups in total. The second-order valence-electron chi connectivity index (χ2n) is 7.32. The van der Waals surface area contributed by atoms with E-state index in [0.29, 0.717) is 26.1 Å². The fourth-order valence-electron chi connectivity index (χ4n) is 3.90. The van der Waals surface area contributed by atoms with E-state index in [0.717, 1.165) is 29.7 Å². The zero-order valence-corrected chi connectivity index (χ0v) is 16.4. The van der Waals surface area contributed by atoms with Crippen LogP contribution in [0.15, 0.2) is 48.8 Å². The molecule has 1 aliphatic heterocycles. The maximum atomic E-state index is 13.2. The molecule has 0 aliphatic carbocycles. The van der Waals surface area contributed by atoms with Gasteiger partial charge in [-0.25, -0.2) is 0 Å². The highest BCUT2D eigenvalue weighted by atomic mass is 16.2. The van der Waals surface area contributed by atoms with E-state index in [4.69, 9.17) is 5.73 Å². The van der Waals surface area contributed by atoms with Crippen LogP contribution in [0.2, 0.25) is 0 Å². The summed E-state index contributed by atoms with van der Waals surface area (Å²) >= 11 is 0. The summed E-state index contributed by atoms with van der Waals surface area (Å²) in [6.07, 6.45) is 5.11. The number of pyridine rings is 1. The van der Waals surface area contributed by atoms with E-state index in [1.54, 1.807) is 12.4 Å². The topological polar surface area (TPSA) is 79.5 Å². The van der Waals surface area contributed by atoms with Crippen LogP contribution >= 0.6 is 0 Å². The van der Waals surface area contributed by atoms with Crippen molar-refractivity contribution in [2.75, 3.05) is 32.7 Å². The van der Waals surface area contributed by atoms with E-state index in [-0.39, 0.29) is 24.3 Å². The van der Waals surface area contributed by atoms with Crippen LogP contribution in [0.1, 0.15) is 18.9 Å². The number of hydrogen-bond donors (Lipinski definition) is 1. The van der Waals surface area contributed by atoms with Crippen molar-refractivity contribution in [2.45, 2.75) is 19.8 Å². The van der Waals surface area contributed by atoms with E-state index in [2.05, 4.69) is 24.0 Å².